The minimum absolute atomic E-state index is 0.0715. The molecule has 0 spiro atoms. The van der Waals surface area contributed by atoms with Gasteiger partial charge in [-0.2, -0.15) is 11.8 Å². The van der Waals surface area contributed by atoms with E-state index in [1.807, 2.05) is 40.9 Å². The van der Waals surface area contributed by atoms with Gasteiger partial charge in [0.15, 0.2) is 0 Å². The molecule has 2 fully saturated rings. The highest BCUT2D eigenvalue weighted by atomic mass is 32.2. The Kier molecular flexibility index (Phi) is 5.04. The summed E-state index contributed by atoms with van der Waals surface area (Å²) in [6, 6.07) is 7.33. The molecule has 2 aliphatic rings. The molecule has 6 heteroatoms. The standard InChI is InChI=1S/C18H25N3O2S/c1-3-18(4-2)13-20(11-12-24-18)16(22)14-5-7-15(8-6-14)21-10-9-19-17(21)23/h5-8H,3-4,9-13H2,1-2H3,(H,19,23). The van der Waals surface area contributed by atoms with Crippen molar-refractivity contribution in [2.45, 2.75) is 31.4 Å². The number of urea groups is 1. The number of rotatable bonds is 4. The molecule has 3 rings (SSSR count). The Morgan fingerprint density at radius 1 is 1.21 bits per heavy atom. The second kappa shape index (κ2) is 7.05. The van der Waals surface area contributed by atoms with E-state index in [-0.39, 0.29) is 16.7 Å². The maximum Gasteiger partial charge on any atom is 0.321 e. The molecule has 24 heavy (non-hydrogen) atoms. The van der Waals surface area contributed by atoms with Crippen LogP contribution in [-0.2, 0) is 0 Å². The van der Waals surface area contributed by atoms with Crippen molar-refractivity contribution < 1.29 is 9.59 Å². The van der Waals surface area contributed by atoms with Crippen molar-refractivity contribution in [2.75, 3.05) is 36.8 Å². The number of nitrogens with one attached hydrogen (secondary N) is 1. The van der Waals surface area contributed by atoms with Crippen LogP contribution in [0.5, 0.6) is 0 Å². The lowest BCUT2D eigenvalue weighted by Gasteiger charge is -2.41. The van der Waals surface area contributed by atoms with Crippen LogP contribution < -0.4 is 10.2 Å². The summed E-state index contributed by atoms with van der Waals surface area (Å²) in [7, 11) is 0. The lowest BCUT2D eigenvalue weighted by atomic mass is 10.0. The van der Waals surface area contributed by atoms with Crippen LogP contribution in [0.4, 0.5) is 10.5 Å². The molecule has 0 aromatic heterocycles. The van der Waals surface area contributed by atoms with Gasteiger partial charge in [-0.3, -0.25) is 9.69 Å². The molecule has 1 aromatic carbocycles. The molecule has 130 valence electrons. The quantitative estimate of drug-likeness (QED) is 0.911. The number of carbonyl (C=O) groups is 2. The number of hydrogen-bond acceptors (Lipinski definition) is 3. The highest BCUT2D eigenvalue weighted by Crippen LogP contribution is 2.37. The monoisotopic (exact) mass is 347 g/mol. The van der Waals surface area contributed by atoms with Gasteiger partial charge in [-0.15, -0.1) is 0 Å². The third-order valence-corrected chi connectivity index (χ3v) is 6.81. The molecule has 3 amide bonds. The molecule has 0 saturated carbocycles. The van der Waals surface area contributed by atoms with E-state index in [4.69, 9.17) is 0 Å². The fraction of sp³-hybridized carbons (Fsp3) is 0.556. The Bertz CT molecular complexity index is 613. The van der Waals surface area contributed by atoms with Gasteiger partial charge in [-0.1, -0.05) is 13.8 Å². The first-order valence-electron chi connectivity index (χ1n) is 8.67. The molecule has 5 nitrogen and oxygen atoms in total. The fourth-order valence-electron chi connectivity index (χ4n) is 3.38. The van der Waals surface area contributed by atoms with Crippen LogP contribution in [0.2, 0.25) is 0 Å². The Morgan fingerprint density at radius 2 is 1.92 bits per heavy atom. The van der Waals surface area contributed by atoms with Gasteiger partial charge in [0.05, 0.1) is 0 Å². The summed E-state index contributed by atoms with van der Waals surface area (Å²) < 4.78 is 0.196. The largest absolute Gasteiger partial charge is 0.336 e. The van der Waals surface area contributed by atoms with E-state index < -0.39 is 0 Å². The number of carbonyl (C=O) groups excluding carboxylic acids is 2. The van der Waals surface area contributed by atoms with Crippen molar-refractivity contribution in [3.05, 3.63) is 29.8 Å². The summed E-state index contributed by atoms with van der Waals surface area (Å²) in [6.07, 6.45) is 2.17. The lowest BCUT2D eigenvalue weighted by molar-refractivity contribution is 0.0739. The first kappa shape index (κ1) is 17.1. The Morgan fingerprint density at radius 3 is 2.50 bits per heavy atom. The van der Waals surface area contributed by atoms with Crippen LogP contribution in [0.15, 0.2) is 24.3 Å². The molecule has 0 bridgehead atoms. The number of anilines is 1. The second-order valence-electron chi connectivity index (χ2n) is 6.40. The molecule has 0 atom stereocenters. The van der Waals surface area contributed by atoms with E-state index in [9.17, 15) is 9.59 Å². The minimum atomic E-state index is -0.0715. The van der Waals surface area contributed by atoms with Gasteiger partial charge < -0.3 is 10.2 Å². The normalized spacial score (nSPS) is 20.2. The molecular formula is C18H25N3O2S. The smallest absolute Gasteiger partial charge is 0.321 e. The van der Waals surface area contributed by atoms with Crippen molar-refractivity contribution in [1.29, 1.82) is 0 Å². The Hall–Kier alpha value is -1.69. The summed E-state index contributed by atoms with van der Waals surface area (Å²) in [6.45, 7) is 7.38. The number of hydrogen-bond donors (Lipinski definition) is 1. The van der Waals surface area contributed by atoms with Crippen LogP contribution >= 0.6 is 11.8 Å². The van der Waals surface area contributed by atoms with Crippen LogP contribution in [0.3, 0.4) is 0 Å². The zero-order valence-electron chi connectivity index (χ0n) is 14.4. The topological polar surface area (TPSA) is 52.7 Å². The lowest BCUT2D eigenvalue weighted by Crippen LogP contribution is -2.48. The van der Waals surface area contributed by atoms with E-state index in [2.05, 4.69) is 19.2 Å². The van der Waals surface area contributed by atoms with E-state index in [0.29, 0.717) is 18.7 Å². The molecule has 2 heterocycles. The van der Waals surface area contributed by atoms with Gasteiger partial charge >= 0.3 is 6.03 Å². The maximum atomic E-state index is 12.8. The predicted octanol–water partition coefficient (Wildman–Crippen LogP) is 2.96. The molecule has 2 aliphatic heterocycles. The number of benzene rings is 1. The van der Waals surface area contributed by atoms with Crippen molar-refractivity contribution in [1.82, 2.24) is 10.2 Å². The SMILES string of the molecule is CCC1(CC)CN(C(=O)c2ccc(N3CCNC3=O)cc2)CCS1. The van der Waals surface area contributed by atoms with Crippen LogP contribution in [0.25, 0.3) is 0 Å². The van der Waals surface area contributed by atoms with E-state index in [0.717, 1.165) is 37.4 Å². The molecule has 0 unspecified atom stereocenters. The maximum absolute atomic E-state index is 12.8. The highest BCUT2D eigenvalue weighted by Gasteiger charge is 2.35. The van der Waals surface area contributed by atoms with Crippen LogP contribution in [0.1, 0.15) is 37.0 Å². The number of thioether (sulfide) groups is 1. The van der Waals surface area contributed by atoms with Gasteiger partial charge in [0, 0.05) is 47.9 Å². The second-order valence-corrected chi connectivity index (χ2v) is 7.96. The van der Waals surface area contributed by atoms with Crippen molar-refractivity contribution >= 4 is 29.4 Å². The molecule has 1 N–H and O–H groups in total. The molecule has 0 aliphatic carbocycles. The zero-order chi connectivity index (χ0) is 17.2. The Labute approximate surface area is 147 Å². The van der Waals surface area contributed by atoms with Crippen molar-refractivity contribution in [3.8, 4) is 0 Å². The Balaban J connectivity index is 1.72. The average molecular weight is 347 g/mol. The summed E-state index contributed by atoms with van der Waals surface area (Å²) in [5.74, 6) is 1.10. The van der Waals surface area contributed by atoms with Crippen LogP contribution in [0, 0.1) is 0 Å². The molecular weight excluding hydrogens is 322 g/mol. The predicted molar refractivity (Wildman–Crippen MR) is 98.9 cm³/mol. The minimum Gasteiger partial charge on any atom is -0.336 e. The van der Waals surface area contributed by atoms with Gasteiger partial charge in [0.1, 0.15) is 0 Å². The molecule has 1 aromatic rings. The third kappa shape index (κ3) is 3.24. The fourth-order valence-corrected chi connectivity index (χ4v) is 4.78. The molecule has 2 saturated heterocycles. The first-order chi connectivity index (χ1) is 11.6. The summed E-state index contributed by atoms with van der Waals surface area (Å²) in [5, 5.41) is 2.79. The highest BCUT2D eigenvalue weighted by molar-refractivity contribution is 8.00. The third-order valence-electron chi connectivity index (χ3n) is 5.11. The average Bonchev–Trinajstić information content (AvgIpc) is 3.07. The van der Waals surface area contributed by atoms with E-state index in [1.165, 1.54) is 0 Å². The van der Waals surface area contributed by atoms with Crippen LogP contribution in [-0.4, -0.2) is 53.5 Å². The van der Waals surface area contributed by atoms with Crippen molar-refractivity contribution in [2.24, 2.45) is 0 Å². The zero-order valence-corrected chi connectivity index (χ0v) is 15.2. The summed E-state index contributed by atoms with van der Waals surface area (Å²) in [5.41, 5.74) is 1.54. The van der Waals surface area contributed by atoms with Gasteiger partial charge in [0.2, 0.25) is 0 Å². The van der Waals surface area contributed by atoms with Gasteiger partial charge in [-0.05, 0) is 37.1 Å². The first-order valence-corrected chi connectivity index (χ1v) is 9.66. The number of amides is 3. The van der Waals surface area contributed by atoms with E-state index >= 15 is 0 Å². The van der Waals surface area contributed by atoms with E-state index in [1.54, 1.807) is 4.90 Å². The van der Waals surface area contributed by atoms with Gasteiger partial charge in [-0.25, -0.2) is 4.79 Å². The summed E-state index contributed by atoms with van der Waals surface area (Å²) in [4.78, 5) is 28.2. The number of nitrogens with zero attached hydrogens (tertiary/aromatic N) is 2. The van der Waals surface area contributed by atoms with Crippen molar-refractivity contribution in [3.63, 3.8) is 0 Å². The summed E-state index contributed by atoms with van der Waals surface area (Å²) >= 11 is 2.00. The molecule has 0 radical (unpaired) electrons. The van der Waals surface area contributed by atoms with Gasteiger partial charge in [0.25, 0.3) is 5.91 Å².